The van der Waals surface area contributed by atoms with E-state index in [2.05, 4.69) is 5.32 Å². The predicted octanol–water partition coefficient (Wildman–Crippen LogP) is 0.592. The van der Waals surface area contributed by atoms with Crippen LogP contribution in [0.15, 0.2) is 23.1 Å². The lowest BCUT2D eigenvalue weighted by molar-refractivity contribution is 0.0944. The summed E-state index contributed by atoms with van der Waals surface area (Å²) >= 11 is 0. The largest absolute Gasteiger partial charge is 0.495 e. The van der Waals surface area contributed by atoms with Gasteiger partial charge in [0.1, 0.15) is 10.6 Å². The fourth-order valence-corrected chi connectivity index (χ4v) is 4.23. The maximum Gasteiger partial charge on any atom is 0.251 e. The minimum Gasteiger partial charge on any atom is -0.495 e. The molecule has 0 unspecified atom stereocenters. The van der Waals surface area contributed by atoms with E-state index in [9.17, 15) is 13.2 Å². The number of ether oxygens (including phenoxy) is 1. The van der Waals surface area contributed by atoms with E-state index in [1.165, 1.54) is 29.6 Å². The number of rotatable bonds is 6. The van der Waals surface area contributed by atoms with Gasteiger partial charge in [-0.15, -0.1) is 0 Å². The van der Waals surface area contributed by atoms with Crippen molar-refractivity contribution in [3.8, 4) is 5.75 Å². The van der Waals surface area contributed by atoms with Crippen LogP contribution in [-0.2, 0) is 10.0 Å². The number of hydrogen-bond acceptors (Lipinski definition) is 5. The highest BCUT2D eigenvalue weighted by molar-refractivity contribution is 7.89. The Hall–Kier alpha value is -1.64. The van der Waals surface area contributed by atoms with Crippen LogP contribution in [-0.4, -0.2) is 57.1 Å². The maximum atomic E-state index is 12.8. The van der Waals surface area contributed by atoms with Crippen LogP contribution in [0.5, 0.6) is 5.75 Å². The van der Waals surface area contributed by atoms with Crippen LogP contribution in [0.3, 0.4) is 0 Å². The van der Waals surface area contributed by atoms with E-state index in [1.54, 1.807) is 0 Å². The summed E-state index contributed by atoms with van der Waals surface area (Å²) in [4.78, 5) is 12.0. The number of amides is 1. The van der Waals surface area contributed by atoms with Gasteiger partial charge in [-0.2, -0.15) is 4.31 Å². The average Bonchev–Trinajstić information content (AvgIpc) is 2.59. The Morgan fingerprint density at radius 1 is 1.30 bits per heavy atom. The van der Waals surface area contributed by atoms with E-state index in [0.717, 1.165) is 19.3 Å². The topological polar surface area (TPSA) is 95.9 Å². The van der Waals surface area contributed by atoms with Gasteiger partial charge in [-0.3, -0.25) is 4.79 Å². The van der Waals surface area contributed by atoms with Gasteiger partial charge in [0, 0.05) is 25.2 Å². The molecule has 1 aromatic carbocycles. The first kappa shape index (κ1) is 17.7. The van der Waals surface area contributed by atoms with Crippen molar-refractivity contribution in [2.24, 2.45) is 0 Å². The number of methoxy groups -OCH3 is 1. The zero-order chi connectivity index (χ0) is 16.9. The van der Waals surface area contributed by atoms with Crippen LogP contribution in [0.2, 0.25) is 0 Å². The van der Waals surface area contributed by atoms with Crippen molar-refractivity contribution in [1.82, 2.24) is 9.62 Å². The summed E-state index contributed by atoms with van der Waals surface area (Å²) in [7, 11) is -2.30. The van der Waals surface area contributed by atoms with E-state index in [1.807, 2.05) is 0 Å². The van der Waals surface area contributed by atoms with Crippen LogP contribution in [0, 0.1) is 0 Å². The van der Waals surface area contributed by atoms with Gasteiger partial charge in [0.2, 0.25) is 10.0 Å². The lowest BCUT2D eigenvalue weighted by Gasteiger charge is -2.26. The number of hydrogen-bond donors (Lipinski definition) is 2. The highest BCUT2D eigenvalue weighted by Gasteiger charge is 2.29. The van der Waals surface area contributed by atoms with Crippen molar-refractivity contribution in [2.75, 3.05) is 33.4 Å². The molecule has 0 aromatic heterocycles. The first-order valence-electron chi connectivity index (χ1n) is 7.58. The van der Waals surface area contributed by atoms with Gasteiger partial charge < -0.3 is 15.2 Å². The molecule has 128 valence electrons. The first-order valence-corrected chi connectivity index (χ1v) is 9.02. The molecule has 2 N–H and O–H groups in total. The van der Waals surface area contributed by atoms with Crippen LogP contribution in [0.25, 0.3) is 0 Å². The van der Waals surface area contributed by atoms with Crippen LogP contribution < -0.4 is 10.1 Å². The van der Waals surface area contributed by atoms with Gasteiger partial charge in [-0.05, 0) is 31.0 Å². The second-order valence-corrected chi connectivity index (χ2v) is 7.22. The fraction of sp³-hybridized carbons (Fsp3) is 0.533. The summed E-state index contributed by atoms with van der Waals surface area (Å²) < 4.78 is 32.3. The third-order valence-electron chi connectivity index (χ3n) is 3.76. The van der Waals surface area contributed by atoms with Gasteiger partial charge in [-0.1, -0.05) is 6.42 Å². The SMILES string of the molecule is COc1ccc(C(=O)NCCO)cc1S(=O)(=O)N1CCCCC1. The fourth-order valence-electron chi connectivity index (χ4n) is 2.54. The molecule has 0 atom stereocenters. The minimum atomic E-state index is -3.70. The molecule has 23 heavy (non-hydrogen) atoms. The normalized spacial score (nSPS) is 16.1. The molecule has 2 rings (SSSR count). The molecule has 1 heterocycles. The predicted molar refractivity (Wildman–Crippen MR) is 85.0 cm³/mol. The van der Waals surface area contributed by atoms with E-state index >= 15 is 0 Å². The zero-order valence-electron chi connectivity index (χ0n) is 13.1. The Kier molecular flexibility index (Phi) is 5.97. The average molecular weight is 342 g/mol. The molecule has 7 nitrogen and oxygen atoms in total. The number of nitrogens with one attached hydrogen (secondary N) is 1. The lowest BCUT2D eigenvalue weighted by Crippen LogP contribution is -2.36. The number of aliphatic hydroxyl groups is 1. The molecule has 1 aromatic rings. The molecule has 8 heteroatoms. The second-order valence-electron chi connectivity index (χ2n) is 5.31. The molecule has 1 aliphatic heterocycles. The Morgan fingerprint density at radius 2 is 2.00 bits per heavy atom. The molecular weight excluding hydrogens is 320 g/mol. The number of carbonyl (C=O) groups excluding carboxylic acids is 1. The van der Waals surface area contributed by atoms with Gasteiger partial charge in [0.05, 0.1) is 13.7 Å². The van der Waals surface area contributed by atoms with E-state index < -0.39 is 15.9 Å². The van der Waals surface area contributed by atoms with E-state index in [0.29, 0.717) is 13.1 Å². The van der Waals surface area contributed by atoms with Crippen molar-refractivity contribution in [3.63, 3.8) is 0 Å². The van der Waals surface area contributed by atoms with Gasteiger partial charge in [0.25, 0.3) is 5.91 Å². The summed E-state index contributed by atoms with van der Waals surface area (Å²) in [6.45, 7) is 0.888. The molecule has 1 aliphatic rings. The van der Waals surface area contributed by atoms with Crippen LogP contribution in [0.1, 0.15) is 29.6 Å². The van der Waals surface area contributed by atoms with E-state index in [4.69, 9.17) is 9.84 Å². The number of aliphatic hydroxyl groups excluding tert-OH is 1. The molecule has 0 saturated carbocycles. The van der Waals surface area contributed by atoms with Gasteiger partial charge in [0.15, 0.2) is 0 Å². The Bertz CT molecular complexity index is 654. The summed E-state index contributed by atoms with van der Waals surface area (Å²) in [5.41, 5.74) is 0.217. The number of sulfonamides is 1. The Labute approximate surface area is 136 Å². The molecule has 1 saturated heterocycles. The Balaban J connectivity index is 2.36. The van der Waals surface area contributed by atoms with Crippen molar-refractivity contribution < 1.29 is 23.1 Å². The maximum absolute atomic E-state index is 12.8. The number of piperidine rings is 1. The molecule has 0 spiro atoms. The highest BCUT2D eigenvalue weighted by Crippen LogP contribution is 2.29. The van der Waals surface area contributed by atoms with Crippen molar-refractivity contribution in [1.29, 1.82) is 0 Å². The summed E-state index contributed by atoms with van der Waals surface area (Å²) in [5, 5.41) is 11.3. The monoisotopic (exact) mass is 342 g/mol. The first-order chi connectivity index (χ1) is 11.0. The standard InChI is InChI=1S/C15H22N2O5S/c1-22-13-6-5-12(15(19)16-7-10-18)11-14(13)23(20,21)17-8-3-2-4-9-17/h5-6,11,18H,2-4,7-10H2,1H3,(H,16,19). The lowest BCUT2D eigenvalue weighted by atomic mass is 10.2. The molecule has 1 amide bonds. The van der Waals surface area contributed by atoms with Crippen molar-refractivity contribution in [2.45, 2.75) is 24.2 Å². The molecule has 1 fully saturated rings. The van der Waals surface area contributed by atoms with Gasteiger partial charge >= 0.3 is 0 Å². The molecule has 0 aliphatic carbocycles. The second kappa shape index (κ2) is 7.76. The van der Waals surface area contributed by atoms with Crippen LogP contribution >= 0.6 is 0 Å². The minimum absolute atomic E-state index is 0.00134. The third-order valence-corrected chi connectivity index (χ3v) is 5.68. The Morgan fingerprint density at radius 3 is 2.61 bits per heavy atom. The molecule has 0 radical (unpaired) electrons. The summed E-state index contributed by atoms with van der Waals surface area (Å²) in [6.07, 6.45) is 2.68. The van der Waals surface area contributed by atoms with Crippen molar-refractivity contribution in [3.05, 3.63) is 23.8 Å². The summed E-state index contributed by atoms with van der Waals surface area (Å²) in [5.74, 6) is -0.217. The highest BCUT2D eigenvalue weighted by atomic mass is 32.2. The van der Waals surface area contributed by atoms with Crippen molar-refractivity contribution >= 4 is 15.9 Å². The van der Waals surface area contributed by atoms with E-state index in [-0.39, 0.29) is 29.4 Å². The van der Waals surface area contributed by atoms with Crippen LogP contribution in [0.4, 0.5) is 0 Å². The molecular formula is C15H22N2O5S. The third kappa shape index (κ3) is 4.01. The quantitative estimate of drug-likeness (QED) is 0.789. The number of carbonyl (C=O) groups is 1. The molecule has 0 bridgehead atoms. The zero-order valence-corrected chi connectivity index (χ0v) is 13.9. The summed E-state index contributed by atoms with van der Waals surface area (Å²) in [6, 6.07) is 4.31. The smallest absolute Gasteiger partial charge is 0.251 e. The van der Waals surface area contributed by atoms with Gasteiger partial charge in [-0.25, -0.2) is 8.42 Å². The number of benzene rings is 1. The number of nitrogens with zero attached hydrogens (tertiary/aromatic N) is 1.